The topological polar surface area (TPSA) is 66.4 Å². The van der Waals surface area contributed by atoms with Crippen molar-refractivity contribution < 1.29 is 28.5 Å². The first kappa shape index (κ1) is 35.5. The van der Waals surface area contributed by atoms with Crippen LogP contribution in [0.3, 0.4) is 0 Å². The van der Waals surface area contributed by atoms with E-state index in [1.54, 1.807) is 14.2 Å². The summed E-state index contributed by atoms with van der Waals surface area (Å²) >= 11 is 0. The van der Waals surface area contributed by atoms with Crippen LogP contribution < -0.4 is 4.74 Å². The lowest BCUT2D eigenvalue weighted by molar-refractivity contribution is -0.0248. The van der Waals surface area contributed by atoms with Crippen LogP contribution >= 0.6 is 0 Å². The van der Waals surface area contributed by atoms with E-state index >= 15 is 0 Å². The van der Waals surface area contributed by atoms with E-state index in [0.717, 1.165) is 29.7 Å². The number of aliphatic hydroxyl groups is 1. The second-order valence-corrected chi connectivity index (χ2v) is 16.9. The van der Waals surface area contributed by atoms with Gasteiger partial charge >= 0.3 is 0 Å². The Hall–Kier alpha value is -1.48. The lowest BCUT2D eigenvalue weighted by Crippen LogP contribution is -2.51. The number of hydrogen-bond acceptors (Lipinski definition) is 6. The Kier molecular flexibility index (Phi) is 17.1. The molecule has 39 heavy (non-hydrogen) atoms. The Morgan fingerprint density at radius 3 is 2.00 bits per heavy atom. The van der Waals surface area contributed by atoms with Gasteiger partial charge in [0.25, 0.3) is 0 Å². The van der Waals surface area contributed by atoms with Crippen molar-refractivity contribution in [1.82, 2.24) is 0 Å². The lowest BCUT2D eigenvalue weighted by atomic mass is 9.96. The minimum atomic E-state index is -2.07. The molecular weight excluding hydrogens is 508 g/mol. The molecule has 0 aliphatic rings. The number of allylic oxidation sites excluding steroid dienone is 1. The highest BCUT2D eigenvalue weighted by molar-refractivity contribution is 6.77. The first-order valence-corrected chi connectivity index (χ1v) is 16.6. The molecule has 224 valence electrons. The van der Waals surface area contributed by atoms with Gasteiger partial charge in [-0.05, 0) is 65.6 Å². The van der Waals surface area contributed by atoms with Crippen molar-refractivity contribution in [2.24, 2.45) is 5.92 Å². The van der Waals surface area contributed by atoms with Crippen LogP contribution in [0.5, 0.6) is 5.75 Å². The van der Waals surface area contributed by atoms with Crippen molar-refractivity contribution in [1.29, 1.82) is 0 Å². The maximum Gasteiger partial charge on any atom is 0.200 e. The molecule has 0 saturated carbocycles. The van der Waals surface area contributed by atoms with E-state index in [1.165, 1.54) is 5.57 Å². The summed E-state index contributed by atoms with van der Waals surface area (Å²) in [6.07, 6.45) is 5.80. The molecule has 0 aliphatic carbocycles. The quantitative estimate of drug-likeness (QED) is 0.0758. The van der Waals surface area contributed by atoms with Crippen LogP contribution in [-0.2, 0) is 25.2 Å². The van der Waals surface area contributed by atoms with Gasteiger partial charge < -0.3 is 28.5 Å². The molecule has 0 aliphatic heterocycles. The van der Waals surface area contributed by atoms with Gasteiger partial charge in [0.2, 0.25) is 8.32 Å². The molecule has 0 bridgehead atoms. The van der Waals surface area contributed by atoms with E-state index in [-0.39, 0.29) is 25.4 Å². The summed E-state index contributed by atoms with van der Waals surface area (Å²) < 4.78 is 29.5. The fourth-order valence-corrected chi connectivity index (χ4v) is 11.3. The zero-order chi connectivity index (χ0) is 29.4. The monoisotopic (exact) mass is 564 g/mol. The molecule has 0 heterocycles. The predicted molar refractivity (Wildman–Crippen MR) is 164 cm³/mol. The van der Waals surface area contributed by atoms with Crippen molar-refractivity contribution in [3.05, 3.63) is 53.1 Å². The minimum Gasteiger partial charge on any atom is -0.497 e. The van der Waals surface area contributed by atoms with E-state index in [4.69, 9.17) is 23.4 Å². The van der Waals surface area contributed by atoms with Crippen molar-refractivity contribution in [2.45, 2.75) is 97.6 Å². The van der Waals surface area contributed by atoms with Gasteiger partial charge in [-0.1, -0.05) is 78.3 Å². The number of rotatable bonds is 20. The number of hydrogen-bond donors (Lipinski definition) is 1. The predicted octanol–water partition coefficient (Wildman–Crippen LogP) is 7.67. The van der Waals surface area contributed by atoms with E-state index in [0.29, 0.717) is 36.4 Å². The molecule has 0 aromatic heterocycles. The third-order valence-electron chi connectivity index (χ3n) is 7.78. The second kappa shape index (κ2) is 18.8. The summed E-state index contributed by atoms with van der Waals surface area (Å²) in [6, 6.07) is 7.94. The summed E-state index contributed by atoms with van der Waals surface area (Å²) in [5.41, 5.74) is 5.03. The van der Waals surface area contributed by atoms with Gasteiger partial charge in [-0.25, -0.2) is 0 Å². The molecule has 6 nitrogen and oxygen atoms in total. The average Bonchev–Trinajstić information content (AvgIpc) is 2.90. The number of ether oxygens (including phenoxy) is 4. The zero-order valence-electron chi connectivity index (χ0n) is 26.3. The lowest BCUT2D eigenvalue weighted by Gasteiger charge is -2.45. The highest BCUT2D eigenvalue weighted by Crippen LogP contribution is 2.44. The van der Waals surface area contributed by atoms with E-state index < -0.39 is 8.32 Å². The molecule has 1 rings (SSSR count). The first-order valence-electron chi connectivity index (χ1n) is 14.4. The fourth-order valence-electron chi connectivity index (χ4n) is 5.58. The molecule has 1 aromatic carbocycles. The van der Waals surface area contributed by atoms with Crippen molar-refractivity contribution in [2.75, 3.05) is 40.8 Å². The summed E-state index contributed by atoms with van der Waals surface area (Å²) in [4.78, 5) is 0. The molecule has 0 unspecified atom stereocenters. The molecule has 0 radical (unpaired) electrons. The van der Waals surface area contributed by atoms with E-state index in [2.05, 4.69) is 61.5 Å². The second-order valence-electron chi connectivity index (χ2n) is 11.5. The Labute approximate surface area is 239 Å². The Morgan fingerprint density at radius 1 is 0.897 bits per heavy atom. The van der Waals surface area contributed by atoms with Crippen LogP contribution in [0.1, 0.15) is 73.8 Å². The highest BCUT2D eigenvalue weighted by atomic mass is 28.4. The van der Waals surface area contributed by atoms with Gasteiger partial charge in [-0.3, -0.25) is 0 Å². The van der Waals surface area contributed by atoms with Gasteiger partial charge in [-0.15, -0.1) is 0 Å². The van der Waals surface area contributed by atoms with Gasteiger partial charge in [0.1, 0.15) is 12.5 Å². The molecule has 0 spiro atoms. The van der Waals surface area contributed by atoms with Crippen LogP contribution in [0.4, 0.5) is 0 Å². The van der Waals surface area contributed by atoms with Gasteiger partial charge in [0.15, 0.2) is 0 Å². The van der Waals surface area contributed by atoms with Crippen LogP contribution in [0, 0.1) is 5.92 Å². The Bertz CT molecular complexity index is 825. The van der Waals surface area contributed by atoms with Crippen molar-refractivity contribution >= 4 is 8.32 Å². The normalized spacial score (nSPS) is 14.9. The standard InChI is InChI=1S/C32H56O6Si/c1-24(2)39(25(3)4,26(5)6)38-32(28(8)12-11-19-33)18-13-27(7)30(22-37-23-34-9)21-36-20-29-14-16-31(35-10)17-15-29/h11-12,14-17,24-26,28,32-33H,13,18-23H2,1-10H3/b12-11+,30-27-/t28-,32-/m0/s1. The third kappa shape index (κ3) is 11.5. The molecule has 0 saturated heterocycles. The maximum absolute atomic E-state index is 9.41. The van der Waals surface area contributed by atoms with Gasteiger partial charge in [-0.2, -0.15) is 0 Å². The SMILES string of the molecule is COCOC/C(COCc1ccc(OC)cc1)=C(/C)CC[C@H](O[Si](C(C)C)(C(C)C)C(C)C)[C@@H](C)/C=C/CO. The fraction of sp³-hybridized carbons (Fsp3) is 0.688. The summed E-state index contributed by atoms with van der Waals surface area (Å²) in [5.74, 6) is 1.04. The summed E-state index contributed by atoms with van der Waals surface area (Å²) in [7, 11) is 1.23. The van der Waals surface area contributed by atoms with Gasteiger partial charge in [0, 0.05) is 7.11 Å². The highest BCUT2D eigenvalue weighted by Gasteiger charge is 2.47. The van der Waals surface area contributed by atoms with E-state index in [1.807, 2.05) is 30.3 Å². The summed E-state index contributed by atoms with van der Waals surface area (Å²) in [5, 5.41) is 9.41. The minimum absolute atomic E-state index is 0.0453. The van der Waals surface area contributed by atoms with Crippen molar-refractivity contribution in [3.63, 3.8) is 0 Å². The smallest absolute Gasteiger partial charge is 0.200 e. The molecule has 1 aromatic rings. The molecule has 2 atom stereocenters. The summed E-state index contributed by atoms with van der Waals surface area (Å²) in [6.45, 7) is 20.1. The van der Waals surface area contributed by atoms with Gasteiger partial charge in [0.05, 0.1) is 39.6 Å². The number of methoxy groups -OCH3 is 2. The maximum atomic E-state index is 9.41. The molecule has 7 heteroatoms. The molecule has 0 amide bonds. The zero-order valence-corrected chi connectivity index (χ0v) is 27.3. The van der Waals surface area contributed by atoms with Crippen molar-refractivity contribution in [3.8, 4) is 5.75 Å². The van der Waals surface area contributed by atoms with E-state index in [9.17, 15) is 5.11 Å². The molecule has 1 N–H and O–H groups in total. The van der Waals surface area contributed by atoms with Crippen LogP contribution in [0.15, 0.2) is 47.6 Å². The number of aliphatic hydroxyl groups excluding tert-OH is 1. The van der Waals surface area contributed by atoms with Crippen LogP contribution in [0.2, 0.25) is 16.6 Å². The Balaban J connectivity index is 3.10. The largest absolute Gasteiger partial charge is 0.497 e. The van der Waals surface area contributed by atoms with Crippen LogP contribution in [-0.4, -0.2) is 60.4 Å². The Morgan fingerprint density at radius 2 is 1.49 bits per heavy atom. The number of benzene rings is 1. The third-order valence-corrected chi connectivity index (χ3v) is 13.9. The van der Waals surface area contributed by atoms with Crippen LogP contribution in [0.25, 0.3) is 0 Å². The average molecular weight is 565 g/mol. The molecular formula is C32H56O6Si. The first-order chi connectivity index (χ1) is 18.5. The molecule has 0 fully saturated rings.